The van der Waals surface area contributed by atoms with Gasteiger partial charge in [0.05, 0.1) is 33.1 Å². The Labute approximate surface area is 294 Å². The minimum Gasteiger partial charge on any atom is -0.309 e. The van der Waals surface area contributed by atoms with Crippen LogP contribution in [0.25, 0.3) is 93.6 Å². The molecular formula is C48H31N3. The molecule has 238 valence electrons. The van der Waals surface area contributed by atoms with Crippen LogP contribution in [0.5, 0.6) is 0 Å². The van der Waals surface area contributed by atoms with Crippen molar-refractivity contribution in [3.05, 3.63) is 188 Å². The monoisotopic (exact) mass is 649 g/mol. The first kappa shape index (κ1) is 28.0. The summed E-state index contributed by atoms with van der Waals surface area (Å²) in [5.74, 6) is 0. The van der Waals surface area contributed by atoms with E-state index in [-0.39, 0.29) is 0 Å². The second-order valence-electron chi connectivity index (χ2n) is 13.3. The van der Waals surface area contributed by atoms with Crippen LogP contribution in [0.3, 0.4) is 0 Å². The lowest BCUT2D eigenvalue weighted by Crippen LogP contribution is -1.96. The highest BCUT2D eigenvalue weighted by Gasteiger charge is 2.24. The number of fused-ring (bicyclic) bond motifs is 9. The Morgan fingerprint density at radius 3 is 1.04 bits per heavy atom. The molecule has 3 nitrogen and oxygen atoms in total. The molecule has 0 aliphatic heterocycles. The second kappa shape index (κ2) is 10.8. The molecule has 3 aromatic heterocycles. The number of hydrogen-bond donors (Lipinski definition) is 0. The quantitative estimate of drug-likeness (QED) is 0.180. The highest BCUT2D eigenvalue weighted by Crippen LogP contribution is 2.47. The summed E-state index contributed by atoms with van der Waals surface area (Å²) in [5.41, 5.74) is 13.1. The van der Waals surface area contributed by atoms with Gasteiger partial charge in [0, 0.05) is 54.9 Å². The van der Waals surface area contributed by atoms with Gasteiger partial charge in [-0.05, 0) is 72.3 Å². The van der Waals surface area contributed by atoms with E-state index >= 15 is 0 Å². The van der Waals surface area contributed by atoms with Gasteiger partial charge in [-0.15, -0.1) is 0 Å². The van der Waals surface area contributed by atoms with E-state index in [0.717, 1.165) is 17.1 Å². The Kier molecular flexibility index (Phi) is 5.96. The van der Waals surface area contributed by atoms with Crippen molar-refractivity contribution in [2.24, 2.45) is 0 Å². The molecule has 11 rings (SSSR count). The fourth-order valence-corrected chi connectivity index (χ4v) is 8.55. The summed E-state index contributed by atoms with van der Waals surface area (Å²) in [6.45, 7) is 0. The van der Waals surface area contributed by atoms with Gasteiger partial charge in [0.2, 0.25) is 0 Å². The summed E-state index contributed by atoms with van der Waals surface area (Å²) in [4.78, 5) is 0. The van der Waals surface area contributed by atoms with E-state index in [0.29, 0.717) is 0 Å². The van der Waals surface area contributed by atoms with Gasteiger partial charge < -0.3 is 13.7 Å². The number of para-hydroxylation sites is 6. The molecule has 0 spiro atoms. The van der Waals surface area contributed by atoms with Crippen LogP contribution in [0, 0.1) is 0 Å². The first-order valence-electron chi connectivity index (χ1n) is 17.5. The van der Waals surface area contributed by atoms with E-state index in [2.05, 4.69) is 202 Å². The van der Waals surface area contributed by atoms with Crippen LogP contribution in [-0.4, -0.2) is 13.7 Å². The van der Waals surface area contributed by atoms with Crippen molar-refractivity contribution in [2.75, 3.05) is 0 Å². The molecule has 8 aromatic carbocycles. The first-order valence-corrected chi connectivity index (χ1v) is 17.5. The zero-order chi connectivity index (χ0) is 33.5. The third kappa shape index (κ3) is 4.00. The molecule has 0 N–H and O–H groups in total. The van der Waals surface area contributed by atoms with Crippen molar-refractivity contribution in [1.82, 2.24) is 13.7 Å². The highest BCUT2D eigenvalue weighted by atomic mass is 15.0. The summed E-state index contributed by atoms with van der Waals surface area (Å²) in [7, 11) is 0. The van der Waals surface area contributed by atoms with Crippen molar-refractivity contribution in [3.63, 3.8) is 0 Å². The standard InChI is InChI=1S/C48H31N3/c1-3-15-33(16-4-1)50-42-25-13-9-21-38(42)47-44(50)31-45-48(39-22-10-14-26-43(39)51(45)34-17-5-2-6-18-34)46(47)32-27-29-35(30-28-32)49-40-23-11-7-19-36(40)37-20-8-12-24-41(37)49/h1-31H. The largest absolute Gasteiger partial charge is 0.309 e. The minimum absolute atomic E-state index is 1.15. The SMILES string of the molecule is c1ccc(-n2c3ccccc3c3c(-c4ccc(-n5c6ccccc6c6ccccc65)cc4)c4c5ccccc5n(-c5ccccc5)c4cc32)cc1. The number of rotatable bonds is 4. The average Bonchev–Trinajstić information content (AvgIpc) is 3.83. The summed E-state index contributed by atoms with van der Waals surface area (Å²) in [6.07, 6.45) is 0. The predicted molar refractivity (Wildman–Crippen MR) is 215 cm³/mol. The van der Waals surface area contributed by atoms with Crippen LogP contribution in [0.4, 0.5) is 0 Å². The molecule has 0 aliphatic carbocycles. The maximum Gasteiger partial charge on any atom is 0.0568 e. The van der Waals surface area contributed by atoms with Crippen LogP contribution in [0.2, 0.25) is 0 Å². The van der Waals surface area contributed by atoms with E-state index in [1.165, 1.54) is 76.5 Å². The number of nitrogens with zero attached hydrogens (tertiary/aromatic N) is 3. The van der Waals surface area contributed by atoms with E-state index in [4.69, 9.17) is 0 Å². The van der Waals surface area contributed by atoms with Gasteiger partial charge in [0.25, 0.3) is 0 Å². The van der Waals surface area contributed by atoms with Gasteiger partial charge in [-0.1, -0.05) is 121 Å². The number of benzene rings is 8. The Morgan fingerprint density at radius 1 is 0.255 bits per heavy atom. The molecule has 51 heavy (non-hydrogen) atoms. The smallest absolute Gasteiger partial charge is 0.0568 e. The van der Waals surface area contributed by atoms with Crippen molar-refractivity contribution in [3.8, 4) is 28.2 Å². The van der Waals surface area contributed by atoms with Crippen LogP contribution in [0.15, 0.2) is 188 Å². The highest BCUT2D eigenvalue weighted by molar-refractivity contribution is 6.28. The first-order chi connectivity index (χ1) is 25.3. The molecule has 0 aliphatic rings. The number of aromatic nitrogens is 3. The molecular weight excluding hydrogens is 619 g/mol. The Balaban J connectivity index is 1.28. The van der Waals surface area contributed by atoms with Crippen LogP contribution in [0.1, 0.15) is 0 Å². The average molecular weight is 650 g/mol. The van der Waals surface area contributed by atoms with E-state index in [1.54, 1.807) is 0 Å². The van der Waals surface area contributed by atoms with Crippen molar-refractivity contribution < 1.29 is 0 Å². The Hall–Kier alpha value is -6.84. The molecule has 0 atom stereocenters. The van der Waals surface area contributed by atoms with E-state index in [9.17, 15) is 0 Å². The molecule has 0 bridgehead atoms. The maximum atomic E-state index is 2.44. The van der Waals surface area contributed by atoms with Gasteiger partial charge in [-0.25, -0.2) is 0 Å². The lowest BCUT2D eigenvalue weighted by atomic mass is 9.94. The van der Waals surface area contributed by atoms with Crippen molar-refractivity contribution in [2.45, 2.75) is 0 Å². The van der Waals surface area contributed by atoms with E-state index in [1.807, 2.05) is 0 Å². The maximum absolute atomic E-state index is 2.44. The lowest BCUT2D eigenvalue weighted by Gasteiger charge is -2.14. The van der Waals surface area contributed by atoms with Gasteiger partial charge in [-0.3, -0.25) is 0 Å². The lowest BCUT2D eigenvalue weighted by molar-refractivity contribution is 1.16. The van der Waals surface area contributed by atoms with E-state index < -0.39 is 0 Å². The fraction of sp³-hybridized carbons (Fsp3) is 0. The summed E-state index contributed by atoms with van der Waals surface area (Å²) >= 11 is 0. The van der Waals surface area contributed by atoms with Gasteiger partial charge in [-0.2, -0.15) is 0 Å². The van der Waals surface area contributed by atoms with Crippen molar-refractivity contribution in [1.29, 1.82) is 0 Å². The zero-order valence-corrected chi connectivity index (χ0v) is 27.7. The van der Waals surface area contributed by atoms with Crippen LogP contribution < -0.4 is 0 Å². The van der Waals surface area contributed by atoms with Crippen LogP contribution >= 0.6 is 0 Å². The summed E-state index contributed by atoms with van der Waals surface area (Å²) in [6, 6.07) is 68.4. The van der Waals surface area contributed by atoms with Gasteiger partial charge in [0.15, 0.2) is 0 Å². The second-order valence-corrected chi connectivity index (χ2v) is 13.3. The van der Waals surface area contributed by atoms with Gasteiger partial charge >= 0.3 is 0 Å². The van der Waals surface area contributed by atoms with Gasteiger partial charge in [0.1, 0.15) is 0 Å². The molecule has 3 heterocycles. The third-order valence-electron chi connectivity index (χ3n) is 10.6. The summed E-state index contributed by atoms with van der Waals surface area (Å²) < 4.78 is 7.27. The van der Waals surface area contributed by atoms with Crippen molar-refractivity contribution >= 4 is 65.4 Å². The molecule has 11 aromatic rings. The molecule has 0 radical (unpaired) electrons. The fourth-order valence-electron chi connectivity index (χ4n) is 8.55. The molecule has 0 saturated heterocycles. The predicted octanol–water partition coefficient (Wildman–Crippen LogP) is 12.6. The topological polar surface area (TPSA) is 14.8 Å². The number of hydrogen-bond acceptors (Lipinski definition) is 0. The normalized spacial score (nSPS) is 11.9. The summed E-state index contributed by atoms with van der Waals surface area (Å²) in [5, 5.41) is 7.56. The molecule has 0 amide bonds. The molecule has 0 saturated carbocycles. The Morgan fingerprint density at radius 2 is 0.588 bits per heavy atom. The third-order valence-corrected chi connectivity index (χ3v) is 10.6. The Bertz CT molecular complexity index is 2920. The molecule has 3 heteroatoms. The zero-order valence-electron chi connectivity index (χ0n) is 27.7. The van der Waals surface area contributed by atoms with Crippen LogP contribution in [-0.2, 0) is 0 Å². The minimum atomic E-state index is 1.15. The molecule has 0 fully saturated rings. The molecule has 0 unspecified atom stereocenters.